The summed E-state index contributed by atoms with van der Waals surface area (Å²) in [6, 6.07) is 4.17. The van der Waals surface area contributed by atoms with E-state index in [9.17, 15) is 34.8 Å². The Bertz CT molecular complexity index is 1340. The van der Waals surface area contributed by atoms with Crippen LogP contribution in [0.15, 0.2) is 18.2 Å². The van der Waals surface area contributed by atoms with Gasteiger partial charge in [0.1, 0.15) is 29.5 Å². The van der Waals surface area contributed by atoms with Gasteiger partial charge in [0.25, 0.3) is 0 Å². The second-order valence-corrected chi connectivity index (χ2v) is 10.1. The number of ketones is 3. The number of carbonyl (C=O) groups excluding carboxylic acids is 3. The first kappa shape index (κ1) is 26.3. The Morgan fingerprint density at radius 2 is 1.84 bits per heavy atom. The summed E-state index contributed by atoms with van der Waals surface area (Å²) in [5.41, 5.74) is 2.78. The highest BCUT2D eigenvalue weighted by molar-refractivity contribution is 6.31. The summed E-state index contributed by atoms with van der Waals surface area (Å²) in [6.45, 7) is 0.827. The Morgan fingerprint density at radius 1 is 1.13 bits per heavy atom. The molecule has 5 atom stereocenters. The van der Waals surface area contributed by atoms with Crippen LogP contribution in [0.4, 0.5) is 0 Å². The van der Waals surface area contributed by atoms with Gasteiger partial charge in [-0.15, -0.1) is 0 Å². The number of phenols is 2. The molecule has 0 bridgehead atoms. The molecule has 1 unspecified atom stereocenters. The Labute approximate surface area is 217 Å². The lowest BCUT2D eigenvalue weighted by atomic mass is 9.72. The number of ether oxygens (including phenoxy) is 3. The zero-order valence-electron chi connectivity index (χ0n) is 20.9. The molecule has 11 heteroatoms. The summed E-state index contributed by atoms with van der Waals surface area (Å²) in [5, 5.41) is 43.6. The molecule has 0 saturated carbocycles. The van der Waals surface area contributed by atoms with Gasteiger partial charge < -0.3 is 40.4 Å². The number of fused-ring (bicyclic) bond motifs is 3. The zero-order chi connectivity index (χ0) is 27.5. The van der Waals surface area contributed by atoms with Crippen LogP contribution in [0, 0.1) is 0 Å². The largest absolute Gasteiger partial charge is 0.507 e. The molecular formula is C27H29NO10. The van der Waals surface area contributed by atoms with Gasteiger partial charge in [0.2, 0.25) is 5.78 Å². The van der Waals surface area contributed by atoms with Crippen molar-refractivity contribution in [1.29, 1.82) is 0 Å². The van der Waals surface area contributed by atoms with E-state index in [1.807, 2.05) is 6.92 Å². The fourth-order valence-corrected chi connectivity index (χ4v) is 5.81. The van der Waals surface area contributed by atoms with Crippen LogP contribution < -0.4 is 10.5 Å². The number of rotatable bonds is 5. The summed E-state index contributed by atoms with van der Waals surface area (Å²) in [7, 11) is 1.34. The lowest BCUT2D eigenvalue weighted by molar-refractivity contribution is -0.225. The Balaban J connectivity index is 1.70. The number of phenolic OH excluding ortho intramolecular Hbond substituents is 2. The third-order valence-corrected chi connectivity index (χ3v) is 7.57. The number of carbonyl (C=O) groups is 3. The van der Waals surface area contributed by atoms with Gasteiger partial charge >= 0.3 is 0 Å². The Morgan fingerprint density at radius 3 is 2.50 bits per heavy atom. The van der Waals surface area contributed by atoms with Crippen molar-refractivity contribution in [1.82, 2.24) is 0 Å². The molecule has 1 heterocycles. The van der Waals surface area contributed by atoms with E-state index in [-0.39, 0.29) is 46.6 Å². The van der Waals surface area contributed by atoms with E-state index in [0.29, 0.717) is 6.42 Å². The molecule has 1 aliphatic heterocycles. The maximum absolute atomic E-state index is 13.6. The molecule has 6 N–H and O–H groups in total. The van der Waals surface area contributed by atoms with Crippen LogP contribution in [0.25, 0.3) is 0 Å². The summed E-state index contributed by atoms with van der Waals surface area (Å²) >= 11 is 0. The molecule has 0 spiro atoms. The molecule has 202 valence electrons. The van der Waals surface area contributed by atoms with Crippen molar-refractivity contribution >= 4 is 17.3 Å². The minimum Gasteiger partial charge on any atom is -0.507 e. The lowest BCUT2D eigenvalue weighted by Gasteiger charge is -2.41. The molecule has 38 heavy (non-hydrogen) atoms. The van der Waals surface area contributed by atoms with Crippen molar-refractivity contribution < 1.29 is 49.0 Å². The molecule has 5 rings (SSSR count). The second-order valence-electron chi connectivity index (χ2n) is 10.1. The van der Waals surface area contributed by atoms with E-state index in [4.69, 9.17) is 19.9 Å². The van der Waals surface area contributed by atoms with E-state index in [2.05, 4.69) is 0 Å². The minimum atomic E-state index is -2.18. The van der Waals surface area contributed by atoms with Crippen molar-refractivity contribution in [2.45, 2.75) is 62.7 Å². The van der Waals surface area contributed by atoms with Crippen LogP contribution in [0.5, 0.6) is 17.2 Å². The summed E-state index contributed by atoms with van der Waals surface area (Å²) in [4.78, 5) is 39.7. The van der Waals surface area contributed by atoms with Gasteiger partial charge in [-0.25, -0.2) is 0 Å². The van der Waals surface area contributed by atoms with Gasteiger partial charge in [-0.1, -0.05) is 12.1 Å². The molecule has 0 amide bonds. The standard InChI is InChI=1S/C27H29NO10/c1-11-6-12(28)7-18(37-11)38-16-9-27(35,17(30)10-29)8-14-20(16)26(34)22-21(24(14)32)23(31)13-4-3-5-15(36-2)19(13)25(22)33/h3-5,11-12,16,18,29,32,34-35H,6-10,28H2,1-2H3/t11-,12+,16+,18?,27+/m1/s1. The number of aliphatic hydroxyl groups is 2. The highest BCUT2D eigenvalue weighted by Crippen LogP contribution is 2.52. The van der Waals surface area contributed by atoms with Gasteiger partial charge in [0.05, 0.1) is 36.0 Å². The predicted octanol–water partition coefficient (Wildman–Crippen LogP) is 1.03. The van der Waals surface area contributed by atoms with Gasteiger partial charge in [-0.3, -0.25) is 14.4 Å². The number of aliphatic hydroxyl groups excluding tert-OH is 1. The fourth-order valence-electron chi connectivity index (χ4n) is 5.81. The number of methoxy groups -OCH3 is 1. The first-order valence-electron chi connectivity index (χ1n) is 12.3. The van der Waals surface area contributed by atoms with Crippen molar-refractivity contribution in [3.63, 3.8) is 0 Å². The SMILES string of the molecule is COc1cccc2c1C(=O)c1c(O)c3c(c(O)c1C2=O)C[C@@](O)(C(=O)CO)C[C@@H]3OC1C[C@@H](N)C[C@@H](C)O1. The number of Topliss-reactive ketones (excluding diaryl/α,β-unsaturated/α-hetero) is 1. The molecule has 3 aliphatic rings. The van der Waals surface area contributed by atoms with Crippen LogP contribution in [0.1, 0.15) is 75.3 Å². The molecule has 0 aromatic heterocycles. The smallest absolute Gasteiger partial charge is 0.202 e. The highest BCUT2D eigenvalue weighted by atomic mass is 16.7. The lowest BCUT2D eigenvalue weighted by Crippen LogP contribution is -2.48. The van der Waals surface area contributed by atoms with Gasteiger partial charge in [-0.05, 0) is 19.4 Å². The van der Waals surface area contributed by atoms with Crippen molar-refractivity contribution in [3.05, 3.63) is 51.6 Å². The first-order chi connectivity index (χ1) is 18.0. The highest BCUT2D eigenvalue weighted by Gasteiger charge is 2.49. The molecule has 1 saturated heterocycles. The molecule has 1 fully saturated rings. The van der Waals surface area contributed by atoms with Crippen LogP contribution >= 0.6 is 0 Å². The van der Waals surface area contributed by atoms with E-state index < -0.39 is 77.4 Å². The van der Waals surface area contributed by atoms with Gasteiger partial charge in [0, 0.05) is 42.0 Å². The quantitative estimate of drug-likeness (QED) is 0.298. The molecule has 11 nitrogen and oxygen atoms in total. The van der Waals surface area contributed by atoms with Crippen LogP contribution in [-0.2, 0) is 20.7 Å². The summed E-state index contributed by atoms with van der Waals surface area (Å²) in [6.07, 6.45) is -2.45. The third kappa shape index (κ3) is 3.98. The van der Waals surface area contributed by atoms with Crippen molar-refractivity contribution in [2.75, 3.05) is 13.7 Å². The predicted molar refractivity (Wildman–Crippen MR) is 130 cm³/mol. The minimum absolute atomic E-state index is 0.0274. The number of aromatic hydroxyl groups is 2. The first-order valence-corrected chi connectivity index (χ1v) is 12.3. The number of hydrogen-bond acceptors (Lipinski definition) is 11. The monoisotopic (exact) mass is 527 g/mol. The summed E-state index contributed by atoms with van der Waals surface area (Å²) < 4.78 is 17.2. The van der Waals surface area contributed by atoms with Crippen molar-refractivity contribution in [2.24, 2.45) is 5.73 Å². The Hall–Kier alpha value is -3.35. The maximum atomic E-state index is 13.6. The average Bonchev–Trinajstić information content (AvgIpc) is 2.87. The van der Waals surface area contributed by atoms with Crippen LogP contribution in [0.2, 0.25) is 0 Å². The van der Waals surface area contributed by atoms with E-state index in [1.165, 1.54) is 25.3 Å². The topological polar surface area (TPSA) is 186 Å². The molecule has 0 radical (unpaired) electrons. The molecule has 2 aromatic rings. The molecule has 2 aromatic carbocycles. The third-order valence-electron chi connectivity index (χ3n) is 7.57. The van der Waals surface area contributed by atoms with E-state index in [0.717, 1.165) is 0 Å². The number of nitrogens with two attached hydrogens (primary N) is 1. The summed E-state index contributed by atoms with van der Waals surface area (Å²) in [5.74, 6) is -3.55. The van der Waals surface area contributed by atoms with Crippen molar-refractivity contribution in [3.8, 4) is 17.2 Å². The molecular weight excluding hydrogens is 498 g/mol. The van der Waals surface area contributed by atoms with Gasteiger partial charge in [-0.2, -0.15) is 0 Å². The average molecular weight is 528 g/mol. The number of hydrogen-bond donors (Lipinski definition) is 5. The second kappa shape index (κ2) is 9.44. The normalized spacial score (nSPS) is 28.3. The maximum Gasteiger partial charge on any atom is 0.202 e. The van der Waals surface area contributed by atoms with Crippen LogP contribution in [-0.4, -0.2) is 75.5 Å². The zero-order valence-corrected chi connectivity index (χ0v) is 20.9. The van der Waals surface area contributed by atoms with Crippen LogP contribution in [0.3, 0.4) is 0 Å². The number of benzene rings is 2. The molecule has 2 aliphatic carbocycles. The van der Waals surface area contributed by atoms with E-state index >= 15 is 0 Å². The van der Waals surface area contributed by atoms with Gasteiger partial charge in [0.15, 0.2) is 17.9 Å². The van der Waals surface area contributed by atoms with E-state index in [1.54, 1.807) is 0 Å². The Kier molecular flexibility index (Phi) is 6.52. The fraction of sp³-hybridized carbons (Fsp3) is 0.444.